The second-order valence-electron chi connectivity index (χ2n) is 10.1. The molecule has 0 spiro atoms. The van der Waals surface area contributed by atoms with Crippen molar-refractivity contribution in [3.63, 3.8) is 0 Å². The molecule has 1 saturated heterocycles. The van der Waals surface area contributed by atoms with Gasteiger partial charge in [-0.3, -0.25) is 5.32 Å². The Labute approximate surface area is 202 Å². The third-order valence-electron chi connectivity index (χ3n) is 7.87. The summed E-state index contributed by atoms with van der Waals surface area (Å²) >= 11 is 0. The third kappa shape index (κ3) is 4.34. The number of piperidine rings is 1. The lowest BCUT2D eigenvalue weighted by Crippen LogP contribution is -2.57. The molecule has 7 nitrogen and oxygen atoms in total. The highest BCUT2D eigenvalue weighted by molar-refractivity contribution is 6.05. The Morgan fingerprint density at radius 3 is 2.38 bits per heavy atom. The van der Waals surface area contributed by atoms with Crippen molar-refractivity contribution in [2.45, 2.75) is 43.3 Å². The van der Waals surface area contributed by atoms with Gasteiger partial charge in [-0.25, -0.2) is 4.99 Å². The average molecular weight is 464 g/mol. The summed E-state index contributed by atoms with van der Waals surface area (Å²) < 4.78 is 11.0. The number of nitrogens with zero attached hydrogens (tertiary/aromatic N) is 2. The van der Waals surface area contributed by atoms with Gasteiger partial charge in [-0.2, -0.15) is 0 Å². The van der Waals surface area contributed by atoms with E-state index < -0.39 is 5.79 Å². The predicted molar refractivity (Wildman–Crippen MR) is 137 cm³/mol. The number of nitrogens with two attached hydrogens (primary N) is 1. The molecular weight excluding hydrogens is 426 g/mol. The molecule has 1 unspecified atom stereocenters. The summed E-state index contributed by atoms with van der Waals surface area (Å²) in [6.45, 7) is 3.48. The van der Waals surface area contributed by atoms with Crippen molar-refractivity contribution < 1.29 is 9.47 Å². The SMILES string of the molecule is CNC1(CC2(c3ccccc3)CCN(CC3CC3)CC2)N=C(N)c2cc(OC)c(OC)cc2N1. The summed E-state index contributed by atoms with van der Waals surface area (Å²) in [6.07, 6.45) is 5.79. The quantitative estimate of drug-likeness (QED) is 0.555. The minimum atomic E-state index is -0.717. The summed E-state index contributed by atoms with van der Waals surface area (Å²) in [6, 6.07) is 14.8. The van der Waals surface area contributed by atoms with E-state index in [0.717, 1.165) is 49.5 Å². The van der Waals surface area contributed by atoms with Crippen LogP contribution >= 0.6 is 0 Å². The first-order valence-corrected chi connectivity index (χ1v) is 12.4. The number of nitrogens with one attached hydrogen (secondary N) is 2. The van der Waals surface area contributed by atoms with Crippen LogP contribution in [0.3, 0.4) is 0 Å². The van der Waals surface area contributed by atoms with E-state index in [-0.39, 0.29) is 5.41 Å². The molecule has 5 rings (SSSR count). The van der Waals surface area contributed by atoms with Crippen LogP contribution in [-0.4, -0.2) is 57.4 Å². The first-order valence-electron chi connectivity index (χ1n) is 12.4. The molecule has 1 aliphatic carbocycles. The van der Waals surface area contributed by atoms with Gasteiger partial charge in [-0.05, 0) is 63.4 Å². The van der Waals surface area contributed by atoms with Crippen molar-refractivity contribution in [3.05, 3.63) is 53.6 Å². The summed E-state index contributed by atoms with van der Waals surface area (Å²) in [5.41, 5.74) is 9.65. The van der Waals surface area contributed by atoms with Crippen molar-refractivity contribution in [3.8, 4) is 11.5 Å². The maximum atomic E-state index is 6.55. The van der Waals surface area contributed by atoms with Crippen LogP contribution in [0.15, 0.2) is 47.5 Å². The largest absolute Gasteiger partial charge is 0.493 e. The lowest BCUT2D eigenvalue weighted by atomic mass is 9.68. The molecule has 4 N–H and O–H groups in total. The predicted octanol–water partition coefficient (Wildman–Crippen LogP) is 3.54. The van der Waals surface area contributed by atoms with Gasteiger partial charge in [0.2, 0.25) is 0 Å². The van der Waals surface area contributed by atoms with Crippen LogP contribution in [0.2, 0.25) is 0 Å². The third-order valence-corrected chi connectivity index (χ3v) is 7.87. The molecule has 1 saturated carbocycles. The van der Waals surface area contributed by atoms with Gasteiger partial charge in [0.1, 0.15) is 5.84 Å². The first-order chi connectivity index (χ1) is 16.5. The van der Waals surface area contributed by atoms with Crippen molar-refractivity contribution in [2.75, 3.05) is 46.2 Å². The number of benzene rings is 2. The first kappa shape index (κ1) is 23.0. The summed E-state index contributed by atoms with van der Waals surface area (Å²) in [4.78, 5) is 7.66. The smallest absolute Gasteiger partial charge is 0.187 e. The topological polar surface area (TPSA) is 84.1 Å². The number of rotatable bonds is 8. The van der Waals surface area contributed by atoms with Crippen molar-refractivity contribution in [1.29, 1.82) is 0 Å². The molecule has 2 aromatic carbocycles. The lowest BCUT2D eigenvalue weighted by Gasteiger charge is -2.48. The molecule has 0 bridgehead atoms. The van der Waals surface area contributed by atoms with E-state index in [2.05, 4.69) is 45.9 Å². The van der Waals surface area contributed by atoms with E-state index in [9.17, 15) is 0 Å². The van der Waals surface area contributed by atoms with Gasteiger partial charge in [-0.1, -0.05) is 30.3 Å². The van der Waals surface area contributed by atoms with Crippen LogP contribution in [0, 0.1) is 5.92 Å². The van der Waals surface area contributed by atoms with Crippen molar-refractivity contribution >= 4 is 11.5 Å². The Hall–Kier alpha value is -2.77. The molecule has 0 radical (unpaired) electrons. The van der Waals surface area contributed by atoms with Gasteiger partial charge in [0, 0.05) is 30.0 Å². The van der Waals surface area contributed by atoms with E-state index in [0.29, 0.717) is 17.3 Å². The second-order valence-corrected chi connectivity index (χ2v) is 10.1. The number of hydrogen-bond donors (Lipinski definition) is 3. The number of fused-ring (bicyclic) bond motifs is 1. The average Bonchev–Trinajstić information content (AvgIpc) is 3.69. The molecule has 2 fully saturated rings. The summed E-state index contributed by atoms with van der Waals surface area (Å²) in [5.74, 6) is 2.01. The van der Waals surface area contributed by atoms with Gasteiger partial charge in [0.15, 0.2) is 17.3 Å². The van der Waals surface area contributed by atoms with E-state index in [1.54, 1.807) is 14.2 Å². The van der Waals surface area contributed by atoms with Crippen LogP contribution in [0.1, 0.15) is 43.2 Å². The zero-order valence-corrected chi connectivity index (χ0v) is 20.6. The van der Waals surface area contributed by atoms with Crippen molar-refractivity contribution in [1.82, 2.24) is 10.2 Å². The highest BCUT2D eigenvalue weighted by Crippen LogP contribution is 2.45. The molecule has 0 amide bonds. The maximum absolute atomic E-state index is 6.55. The molecule has 3 aliphatic rings. The molecule has 34 heavy (non-hydrogen) atoms. The Morgan fingerprint density at radius 1 is 1.09 bits per heavy atom. The normalized spacial score (nSPS) is 24.0. The zero-order chi connectivity index (χ0) is 23.8. The number of aliphatic imine (C=N–C) groups is 1. The molecule has 0 aromatic heterocycles. The van der Waals surface area contributed by atoms with Crippen LogP contribution in [0.5, 0.6) is 11.5 Å². The number of ether oxygens (including phenoxy) is 2. The van der Waals surface area contributed by atoms with Crippen LogP contribution in [0.4, 0.5) is 5.69 Å². The lowest BCUT2D eigenvalue weighted by molar-refractivity contribution is 0.125. The molecule has 1 atom stereocenters. The highest BCUT2D eigenvalue weighted by Gasteiger charge is 2.46. The highest BCUT2D eigenvalue weighted by atomic mass is 16.5. The minimum absolute atomic E-state index is 0.00480. The van der Waals surface area contributed by atoms with E-state index in [4.69, 9.17) is 20.2 Å². The Morgan fingerprint density at radius 2 is 1.76 bits per heavy atom. The second kappa shape index (κ2) is 9.12. The monoisotopic (exact) mass is 463 g/mol. The van der Waals surface area contributed by atoms with E-state index in [1.807, 2.05) is 19.2 Å². The number of hydrogen-bond acceptors (Lipinski definition) is 7. The van der Waals surface area contributed by atoms with Crippen LogP contribution in [0.25, 0.3) is 0 Å². The fraction of sp³-hybridized carbons (Fsp3) is 0.519. The summed E-state index contributed by atoms with van der Waals surface area (Å²) in [7, 11) is 5.23. The van der Waals surface area contributed by atoms with Crippen molar-refractivity contribution in [2.24, 2.45) is 16.6 Å². The fourth-order valence-electron chi connectivity index (χ4n) is 5.68. The number of methoxy groups -OCH3 is 2. The van der Waals surface area contributed by atoms with Gasteiger partial charge >= 0.3 is 0 Å². The van der Waals surface area contributed by atoms with Gasteiger partial charge in [-0.15, -0.1) is 0 Å². The van der Waals surface area contributed by atoms with Gasteiger partial charge in [0.25, 0.3) is 0 Å². The van der Waals surface area contributed by atoms with E-state index >= 15 is 0 Å². The Balaban J connectivity index is 1.47. The Bertz CT molecular complexity index is 1040. The molecule has 2 heterocycles. The fourth-order valence-corrected chi connectivity index (χ4v) is 5.68. The zero-order valence-electron chi connectivity index (χ0n) is 20.6. The molecule has 2 aliphatic heterocycles. The molecule has 2 aromatic rings. The molecule has 182 valence electrons. The number of amidine groups is 1. The van der Waals surface area contributed by atoms with Crippen LogP contribution < -0.4 is 25.8 Å². The maximum Gasteiger partial charge on any atom is 0.187 e. The van der Waals surface area contributed by atoms with Crippen LogP contribution in [-0.2, 0) is 5.41 Å². The number of anilines is 1. The van der Waals surface area contributed by atoms with Gasteiger partial charge in [0.05, 0.1) is 19.9 Å². The van der Waals surface area contributed by atoms with E-state index in [1.165, 1.54) is 24.9 Å². The Kier molecular flexibility index (Phi) is 6.16. The standard InChI is InChI=1S/C27H37N5O2/c1-29-27(30-22-16-24(34-3)23(33-2)15-21(22)25(28)31-27)18-26(20-7-5-4-6-8-20)11-13-32(14-12-26)17-19-9-10-19/h4-8,15-16,19,29-30H,9-14,17-18H2,1-3H3,(H2,28,31). The molecule has 7 heteroatoms. The summed E-state index contributed by atoms with van der Waals surface area (Å²) in [5, 5.41) is 7.17. The molecular formula is C27H37N5O2. The van der Waals surface area contributed by atoms with Gasteiger partial charge < -0.3 is 25.4 Å². The minimum Gasteiger partial charge on any atom is -0.493 e. The number of likely N-dealkylation sites (tertiary alicyclic amines) is 1.